The molecular formula is C24H34O2S. The highest BCUT2D eigenvalue weighted by atomic mass is 32.1. The minimum atomic E-state index is -0.447. The molecule has 2 aromatic rings. The number of hydrogen-bond acceptors (Lipinski definition) is 3. The molecule has 0 spiro atoms. The van der Waals surface area contributed by atoms with Gasteiger partial charge in [0.15, 0.2) is 0 Å². The Morgan fingerprint density at radius 2 is 1.96 bits per heavy atom. The maximum absolute atomic E-state index is 11.7. The van der Waals surface area contributed by atoms with Crippen molar-refractivity contribution in [3.8, 4) is 5.75 Å². The zero-order valence-corrected chi connectivity index (χ0v) is 18.3. The maximum atomic E-state index is 11.7. The van der Waals surface area contributed by atoms with Crippen molar-refractivity contribution in [2.75, 3.05) is 6.61 Å². The van der Waals surface area contributed by atoms with Crippen molar-refractivity contribution in [3.63, 3.8) is 0 Å². The third kappa shape index (κ3) is 6.21. The Bertz CT molecular complexity index is 716. The van der Waals surface area contributed by atoms with Gasteiger partial charge in [-0.15, -0.1) is 11.3 Å². The van der Waals surface area contributed by atoms with Crippen LogP contribution in [0.25, 0.3) is 0 Å². The van der Waals surface area contributed by atoms with Crippen LogP contribution < -0.4 is 4.74 Å². The highest BCUT2D eigenvalue weighted by Gasteiger charge is 2.25. The molecule has 1 aromatic carbocycles. The van der Waals surface area contributed by atoms with E-state index in [2.05, 4.69) is 49.6 Å². The van der Waals surface area contributed by atoms with Crippen LogP contribution in [0.5, 0.6) is 5.75 Å². The summed E-state index contributed by atoms with van der Waals surface area (Å²) in [5, 5.41) is 2.17. The smallest absolute Gasteiger partial charge is 0.138 e. The van der Waals surface area contributed by atoms with Crippen molar-refractivity contribution >= 4 is 17.1 Å². The van der Waals surface area contributed by atoms with E-state index in [1.54, 1.807) is 6.92 Å². The van der Waals surface area contributed by atoms with Gasteiger partial charge in [-0.3, -0.25) is 4.79 Å². The lowest BCUT2D eigenvalue weighted by atomic mass is 9.90. The fourth-order valence-corrected chi connectivity index (χ4v) is 4.11. The molecule has 1 heterocycles. The van der Waals surface area contributed by atoms with E-state index in [9.17, 15) is 4.79 Å². The zero-order chi connectivity index (χ0) is 19.9. The summed E-state index contributed by atoms with van der Waals surface area (Å²) in [6, 6.07) is 11.0. The predicted molar refractivity (Wildman–Crippen MR) is 116 cm³/mol. The molecule has 0 saturated heterocycles. The second-order valence-electron chi connectivity index (χ2n) is 8.08. The van der Waals surface area contributed by atoms with E-state index in [-0.39, 0.29) is 5.78 Å². The zero-order valence-electron chi connectivity index (χ0n) is 17.5. The van der Waals surface area contributed by atoms with Gasteiger partial charge in [0, 0.05) is 4.88 Å². The Morgan fingerprint density at radius 1 is 1.19 bits per heavy atom. The van der Waals surface area contributed by atoms with Crippen molar-refractivity contribution in [1.82, 2.24) is 0 Å². The van der Waals surface area contributed by atoms with Crippen LogP contribution in [-0.4, -0.2) is 12.4 Å². The topological polar surface area (TPSA) is 26.3 Å². The fraction of sp³-hybridized carbons (Fsp3) is 0.542. The predicted octanol–water partition coefficient (Wildman–Crippen LogP) is 6.82. The Hall–Kier alpha value is -1.61. The summed E-state index contributed by atoms with van der Waals surface area (Å²) >= 11 is 1.87. The molecule has 0 bridgehead atoms. The molecule has 0 amide bonds. The first-order valence-corrected chi connectivity index (χ1v) is 11.0. The molecular weight excluding hydrogens is 352 g/mol. The van der Waals surface area contributed by atoms with Crippen LogP contribution in [-0.2, 0) is 17.6 Å². The molecule has 0 aliphatic carbocycles. The first-order chi connectivity index (χ1) is 12.9. The summed E-state index contributed by atoms with van der Waals surface area (Å²) in [5.41, 5.74) is 2.20. The molecule has 148 valence electrons. The lowest BCUT2D eigenvalue weighted by Gasteiger charge is -2.23. The van der Waals surface area contributed by atoms with Crippen LogP contribution in [0, 0.1) is 5.41 Å². The van der Waals surface area contributed by atoms with Crippen molar-refractivity contribution in [1.29, 1.82) is 0 Å². The molecule has 0 aliphatic heterocycles. The summed E-state index contributed by atoms with van der Waals surface area (Å²) < 4.78 is 6.06. The lowest BCUT2D eigenvalue weighted by molar-refractivity contribution is -0.126. The maximum Gasteiger partial charge on any atom is 0.138 e. The Balaban J connectivity index is 2.06. The number of rotatable bonds is 11. The second-order valence-corrected chi connectivity index (χ2v) is 9.06. The highest BCUT2D eigenvalue weighted by molar-refractivity contribution is 7.10. The molecule has 2 nitrogen and oxygen atoms in total. The molecule has 0 radical (unpaired) electrons. The molecule has 2 rings (SSSR count). The molecule has 27 heavy (non-hydrogen) atoms. The van der Waals surface area contributed by atoms with E-state index in [1.165, 1.54) is 28.8 Å². The SMILES string of the molecule is CCCc1cc(CCC(CC)c2cccs2)ccc1OCC(C)(C)C(C)=O. The number of benzene rings is 1. The molecule has 0 saturated carbocycles. The first-order valence-electron chi connectivity index (χ1n) is 10.2. The van der Waals surface area contributed by atoms with E-state index in [1.807, 2.05) is 25.2 Å². The van der Waals surface area contributed by atoms with Crippen molar-refractivity contribution in [3.05, 3.63) is 51.7 Å². The summed E-state index contributed by atoms with van der Waals surface area (Å²) in [6.07, 6.45) is 5.55. The number of carbonyl (C=O) groups is 1. The monoisotopic (exact) mass is 386 g/mol. The van der Waals surface area contributed by atoms with Crippen LogP contribution in [0.15, 0.2) is 35.7 Å². The molecule has 0 N–H and O–H groups in total. The van der Waals surface area contributed by atoms with Crippen LogP contribution in [0.2, 0.25) is 0 Å². The third-order valence-corrected chi connectivity index (χ3v) is 6.44. The van der Waals surface area contributed by atoms with Crippen molar-refractivity contribution in [2.45, 2.75) is 72.6 Å². The number of hydrogen-bond donors (Lipinski definition) is 0. The van der Waals surface area contributed by atoms with Gasteiger partial charge in [0.1, 0.15) is 18.1 Å². The van der Waals surface area contributed by atoms with E-state index in [4.69, 9.17) is 4.74 Å². The standard InChI is InChI=1S/C24H34O2S/c1-6-9-21-16-19(11-13-20(7-2)23-10-8-15-27-23)12-14-22(21)26-17-24(4,5)18(3)25/h8,10,12,14-16,20H,6-7,9,11,13,17H2,1-5H3. The fourth-order valence-electron chi connectivity index (χ4n) is 3.17. The largest absolute Gasteiger partial charge is 0.492 e. The molecule has 1 unspecified atom stereocenters. The summed E-state index contributed by atoms with van der Waals surface area (Å²) in [5.74, 6) is 1.74. The summed E-state index contributed by atoms with van der Waals surface area (Å²) in [7, 11) is 0. The number of ether oxygens (including phenoxy) is 1. The average Bonchev–Trinajstić information content (AvgIpc) is 3.16. The van der Waals surface area contributed by atoms with Gasteiger partial charge in [-0.25, -0.2) is 0 Å². The minimum absolute atomic E-state index is 0.162. The number of thiophene rings is 1. The molecule has 0 fully saturated rings. The third-order valence-electron chi connectivity index (χ3n) is 5.41. The van der Waals surface area contributed by atoms with Crippen LogP contribution >= 0.6 is 11.3 Å². The van der Waals surface area contributed by atoms with Gasteiger partial charge in [-0.1, -0.05) is 38.5 Å². The minimum Gasteiger partial charge on any atom is -0.492 e. The number of aryl methyl sites for hydroxylation is 2. The van der Waals surface area contributed by atoms with Crippen LogP contribution in [0.4, 0.5) is 0 Å². The van der Waals surface area contributed by atoms with Crippen LogP contribution in [0.3, 0.4) is 0 Å². The molecule has 0 aliphatic rings. The van der Waals surface area contributed by atoms with Gasteiger partial charge < -0.3 is 4.74 Å². The van der Waals surface area contributed by atoms with Gasteiger partial charge in [0.2, 0.25) is 0 Å². The quantitative estimate of drug-likeness (QED) is 0.423. The molecule has 1 atom stereocenters. The molecule has 1 aromatic heterocycles. The Morgan fingerprint density at radius 3 is 2.56 bits per heavy atom. The normalized spacial score (nSPS) is 12.8. The van der Waals surface area contributed by atoms with Gasteiger partial charge in [0.25, 0.3) is 0 Å². The first kappa shape index (κ1) is 21.7. The van der Waals surface area contributed by atoms with Crippen molar-refractivity contribution < 1.29 is 9.53 Å². The van der Waals surface area contributed by atoms with Gasteiger partial charge in [-0.05, 0) is 81.0 Å². The second kappa shape index (κ2) is 10.1. The molecule has 3 heteroatoms. The van der Waals surface area contributed by atoms with E-state index < -0.39 is 5.41 Å². The summed E-state index contributed by atoms with van der Waals surface area (Å²) in [4.78, 5) is 13.2. The van der Waals surface area contributed by atoms with Gasteiger partial charge in [-0.2, -0.15) is 0 Å². The number of Topliss-reactive ketones (excluding diaryl/α,β-unsaturated/α-hetero) is 1. The van der Waals surface area contributed by atoms with E-state index in [0.29, 0.717) is 12.5 Å². The van der Waals surface area contributed by atoms with E-state index >= 15 is 0 Å². The van der Waals surface area contributed by atoms with E-state index in [0.717, 1.165) is 25.0 Å². The summed E-state index contributed by atoms with van der Waals surface area (Å²) in [6.45, 7) is 10.4. The number of ketones is 1. The van der Waals surface area contributed by atoms with Gasteiger partial charge in [0.05, 0.1) is 5.41 Å². The van der Waals surface area contributed by atoms with Crippen LogP contribution in [0.1, 0.15) is 75.8 Å². The highest BCUT2D eigenvalue weighted by Crippen LogP contribution is 2.30. The Kier molecular flexibility index (Phi) is 8.09. The Labute approximate surface area is 169 Å². The lowest BCUT2D eigenvalue weighted by Crippen LogP contribution is -2.29. The van der Waals surface area contributed by atoms with Gasteiger partial charge >= 0.3 is 0 Å². The number of carbonyl (C=O) groups excluding carboxylic acids is 1. The average molecular weight is 387 g/mol. The van der Waals surface area contributed by atoms with Crippen molar-refractivity contribution in [2.24, 2.45) is 5.41 Å².